The van der Waals surface area contributed by atoms with Crippen molar-refractivity contribution in [3.63, 3.8) is 0 Å². The zero-order valence-electron chi connectivity index (χ0n) is 9.68. The molecule has 0 aliphatic carbocycles. The molecule has 80 valence electrons. The van der Waals surface area contributed by atoms with Crippen LogP contribution in [0.2, 0.25) is 0 Å². The van der Waals surface area contributed by atoms with Crippen LogP contribution >= 0.6 is 0 Å². The second kappa shape index (κ2) is 4.30. The van der Waals surface area contributed by atoms with Gasteiger partial charge in [0.05, 0.1) is 7.11 Å². The molecule has 1 aromatic carbocycles. The van der Waals surface area contributed by atoms with Crippen LogP contribution < -0.4 is 4.74 Å². The number of carbonyl (C=O) groups is 1. The molecule has 0 aromatic heterocycles. The summed E-state index contributed by atoms with van der Waals surface area (Å²) in [5.41, 5.74) is 3.15. The summed E-state index contributed by atoms with van der Waals surface area (Å²) in [6.07, 6.45) is 0. The van der Waals surface area contributed by atoms with Gasteiger partial charge in [-0.3, -0.25) is 4.79 Å². The van der Waals surface area contributed by atoms with E-state index < -0.39 is 0 Å². The van der Waals surface area contributed by atoms with Gasteiger partial charge in [0.15, 0.2) is 5.78 Å². The Hall–Kier alpha value is -1.57. The molecule has 0 fully saturated rings. The maximum atomic E-state index is 11.8. The molecule has 0 bridgehead atoms. The minimum atomic E-state index is -0.00162. The third-order valence-corrected chi connectivity index (χ3v) is 2.37. The van der Waals surface area contributed by atoms with Crippen molar-refractivity contribution < 1.29 is 9.53 Å². The number of allylic oxidation sites excluding steroid dienone is 1. The van der Waals surface area contributed by atoms with Crippen molar-refractivity contribution in [3.05, 3.63) is 41.0 Å². The zero-order chi connectivity index (χ0) is 11.6. The van der Waals surface area contributed by atoms with Gasteiger partial charge in [-0.05, 0) is 49.6 Å². The molecule has 1 rings (SSSR count). The number of hydrogen-bond donors (Lipinski definition) is 0. The van der Waals surface area contributed by atoms with Crippen molar-refractivity contribution in [1.29, 1.82) is 0 Å². The third-order valence-electron chi connectivity index (χ3n) is 2.37. The Labute approximate surface area is 90.6 Å². The normalized spacial score (nSPS) is 9.87. The predicted octanol–water partition coefficient (Wildman–Crippen LogP) is 3.07. The van der Waals surface area contributed by atoms with Crippen LogP contribution in [0.15, 0.2) is 24.3 Å². The number of methoxy groups -OCH3 is 1. The minimum absolute atomic E-state index is 0.00162. The molecule has 0 N–H and O–H groups in total. The Balaban J connectivity index is 3.28. The van der Waals surface area contributed by atoms with Crippen LogP contribution in [0.25, 0.3) is 0 Å². The highest BCUT2D eigenvalue weighted by molar-refractivity contribution is 6.09. The maximum absolute atomic E-state index is 11.8. The summed E-state index contributed by atoms with van der Waals surface area (Å²) in [5.74, 6) is 0.809. The highest BCUT2D eigenvalue weighted by Gasteiger charge is 2.12. The first-order valence-corrected chi connectivity index (χ1v) is 4.82. The first-order valence-electron chi connectivity index (χ1n) is 4.82. The number of rotatable bonds is 3. The fourth-order valence-corrected chi connectivity index (χ4v) is 1.48. The van der Waals surface area contributed by atoms with Crippen LogP contribution in [0, 0.1) is 13.8 Å². The second-order valence-corrected chi connectivity index (χ2v) is 3.75. The Morgan fingerprint density at radius 1 is 1.27 bits per heavy atom. The molecule has 0 saturated heterocycles. The number of benzene rings is 1. The number of hydrogen-bond acceptors (Lipinski definition) is 2. The van der Waals surface area contributed by atoms with Gasteiger partial charge in [0, 0.05) is 5.56 Å². The largest absolute Gasteiger partial charge is 0.496 e. The third kappa shape index (κ3) is 2.27. The maximum Gasteiger partial charge on any atom is 0.188 e. The van der Waals surface area contributed by atoms with Gasteiger partial charge in [0.1, 0.15) is 5.75 Å². The number of carbonyl (C=O) groups excluding carboxylic acids is 1. The molecule has 0 heterocycles. The topological polar surface area (TPSA) is 26.3 Å². The van der Waals surface area contributed by atoms with Crippen LogP contribution in [0.1, 0.15) is 28.4 Å². The molecule has 0 atom stereocenters. The summed E-state index contributed by atoms with van der Waals surface area (Å²) >= 11 is 0. The summed E-state index contributed by atoms with van der Waals surface area (Å²) in [5, 5.41) is 0. The number of ketones is 1. The van der Waals surface area contributed by atoms with Crippen molar-refractivity contribution in [2.45, 2.75) is 20.8 Å². The molecule has 0 amide bonds. The smallest absolute Gasteiger partial charge is 0.188 e. The molecular formula is C13H16O2. The lowest BCUT2D eigenvalue weighted by atomic mass is 9.98. The highest BCUT2D eigenvalue weighted by Crippen LogP contribution is 2.23. The van der Waals surface area contributed by atoms with Gasteiger partial charge in [-0.15, -0.1) is 0 Å². The van der Waals surface area contributed by atoms with E-state index in [-0.39, 0.29) is 5.78 Å². The van der Waals surface area contributed by atoms with Crippen LogP contribution in [-0.4, -0.2) is 12.9 Å². The summed E-state index contributed by atoms with van der Waals surface area (Å²) in [7, 11) is 1.63. The highest BCUT2D eigenvalue weighted by atomic mass is 16.5. The Morgan fingerprint density at radius 2 is 1.87 bits per heavy atom. The minimum Gasteiger partial charge on any atom is -0.496 e. The van der Waals surface area contributed by atoms with Crippen molar-refractivity contribution in [3.8, 4) is 5.75 Å². The average molecular weight is 204 g/mol. The first kappa shape index (κ1) is 11.5. The predicted molar refractivity (Wildman–Crippen MR) is 61.6 cm³/mol. The first-order chi connectivity index (χ1) is 6.97. The second-order valence-electron chi connectivity index (χ2n) is 3.75. The molecular weight excluding hydrogens is 188 g/mol. The lowest BCUT2D eigenvalue weighted by Gasteiger charge is -2.10. The van der Waals surface area contributed by atoms with E-state index in [0.717, 1.165) is 16.9 Å². The van der Waals surface area contributed by atoms with Crippen molar-refractivity contribution in [1.82, 2.24) is 0 Å². The van der Waals surface area contributed by atoms with Gasteiger partial charge >= 0.3 is 0 Å². The van der Waals surface area contributed by atoms with E-state index in [1.54, 1.807) is 14.0 Å². The van der Waals surface area contributed by atoms with Crippen LogP contribution in [0.4, 0.5) is 0 Å². The Morgan fingerprint density at radius 3 is 2.33 bits per heavy atom. The lowest BCUT2D eigenvalue weighted by molar-refractivity contribution is 0.103. The number of ether oxygens (including phenoxy) is 1. The van der Waals surface area contributed by atoms with E-state index in [0.29, 0.717) is 11.1 Å². The Bertz CT molecular complexity index is 417. The van der Waals surface area contributed by atoms with E-state index in [1.807, 2.05) is 26.0 Å². The SMILES string of the molecule is C=C(C)C(=O)c1cc(C)c(OC)cc1C. The van der Waals surface area contributed by atoms with Gasteiger partial charge < -0.3 is 4.74 Å². The Kier molecular flexibility index (Phi) is 3.30. The molecule has 0 spiro atoms. The number of Topliss-reactive ketones (excluding diaryl/α,β-unsaturated/α-hetero) is 1. The van der Waals surface area contributed by atoms with E-state index in [2.05, 4.69) is 6.58 Å². The number of aryl methyl sites for hydroxylation is 2. The van der Waals surface area contributed by atoms with E-state index in [4.69, 9.17) is 4.74 Å². The van der Waals surface area contributed by atoms with Gasteiger partial charge in [0.2, 0.25) is 0 Å². The summed E-state index contributed by atoms with van der Waals surface area (Å²) in [6.45, 7) is 9.21. The van der Waals surface area contributed by atoms with E-state index in [1.165, 1.54) is 0 Å². The summed E-state index contributed by atoms with van der Waals surface area (Å²) < 4.78 is 5.19. The lowest BCUT2D eigenvalue weighted by Crippen LogP contribution is -2.03. The standard InChI is InChI=1S/C13H16O2/c1-8(2)13(14)11-6-10(4)12(15-5)7-9(11)3/h6-7H,1H2,2-5H3. The van der Waals surface area contributed by atoms with Gasteiger partial charge in [-0.2, -0.15) is 0 Å². The van der Waals surface area contributed by atoms with Crippen LogP contribution in [0.3, 0.4) is 0 Å². The van der Waals surface area contributed by atoms with Crippen molar-refractivity contribution in [2.75, 3.05) is 7.11 Å². The molecule has 0 radical (unpaired) electrons. The van der Waals surface area contributed by atoms with Crippen LogP contribution in [-0.2, 0) is 0 Å². The molecule has 0 saturated carbocycles. The van der Waals surface area contributed by atoms with Crippen molar-refractivity contribution >= 4 is 5.78 Å². The molecule has 2 nitrogen and oxygen atoms in total. The zero-order valence-corrected chi connectivity index (χ0v) is 9.68. The monoisotopic (exact) mass is 204 g/mol. The van der Waals surface area contributed by atoms with Crippen LogP contribution in [0.5, 0.6) is 5.75 Å². The molecule has 1 aromatic rings. The quantitative estimate of drug-likeness (QED) is 0.558. The van der Waals surface area contributed by atoms with E-state index >= 15 is 0 Å². The summed E-state index contributed by atoms with van der Waals surface area (Å²) in [6, 6.07) is 3.73. The van der Waals surface area contributed by atoms with E-state index in [9.17, 15) is 4.79 Å². The molecule has 0 unspecified atom stereocenters. The van der Waals surface area contributed by atoms with Gasteiger partial charge in [-0.1, -0.05) is 6.58 Å². The van der Waals surface area contributed by atoms with Gasteiger partial charge in [-0.25, -0.2) is 0 Å². The van der Waals surface area contributed by atoms with Gasteiger partial charge in [0.25, 0.3) is 0 Å². The molecule has 0 aliphatic heterocycles. The summed E-state index contributed by atoms with van der Waals surface area (Å²) in [4.78, 5) is 11.8. The fraction of sp³-hybridized carbons (Fsp3) is 0.308. The molecule has 2 heteroatoms. The fourth-order valence-electron chi connectivity index (χ4n) is 1.48. The average Bonchev–Trinajstić information content (AvgIpc) is 2.19. The van der Waals surface area contributed by atoms with Crippen molar-refractivity contribution in [2.24, 2.45) is 0 Å². The molecule has 15 heavy (non-hydrogen) atoms. The molecule has 0 aliphatic rings.